The molecule has 2 aliphatic heterocycles. The molecule has 10 heteroatoms. The molecule has 0 unspecified atom stereocenters. The molecule has 0 radical (unpaired) electrons. The molecular formula is C30H37N7O3. The first-order valence-electron chi connectivity index (χ1n) is 14.2. The Morgan fingerprint density at radius 1 is 1.10 bits per heavy atom. The van der Waals surface area contributed by atoms with Gasteiger partial charge in [-0.1, -0.05) is 12.1 Å². The lowest BCUT2D eigenvalue weighted by atomic mass is 10.0. The van der Waals surface area contributed by atoms with Crippen LogP contribution in [0.4, 0.5) is 5.69 Å². The van der Waals surface area contributed by atoms with Crippen molar-refractivity contribution < 1.29 is 9.47 Å². The minimum Gasteiger partial charge on any atom is -0.494 e. The molecule has 2 fully saturated rings. The number of benzene rings is 2. The number of aromatic amines is 1. The maximum absolute atomic E-state index is 13.6. The standard InChI is InChI=1S/C30H37N7O3/c1-4-39-23-9-10-26-22(17-23)18-25(30(38)31-26)28(29-32-33-34-37(29)19-24-6-5-15-40-24)36-13-11-35(12-14-36)27-16-20(2)7-8-21(27)3/h7-10,16-18,24,28H,4-6,11-15,19H2,1-3H3,(H,31,38)/t24-,28-/m1/s1. The summed E-state index contributed by atoms with van der Waals surface area (Å²) in [6, 6.07) is 13.9. The Labute approximate surface area is 233 Å². The molecule has 0 aliphatic carbocycles. The summed E-state index contributed by atoms with van der Waals surface area (Å²) in [6.07, 6.45) is 2.10. The van der Waals surface area contributed by atoms with E-state index in [1.54, 1.807) is 0 Å². The third kappa shape index (κ3) is 5.33. The number of ether oxygens (including phenoxy) is 2. The number of anilines is 1. The smallest absolute Gasteiger partial charge is 0.253 e. The van der Waals surface area contributed by atoms with E-state index in [1.807, 2.05) is 35.9 Å². The Bertz CT molecular complexity index is 1530. The number of rotatable bonds is 8. The summed E-state index contributed by atoms with van der Waals surface area (Å²) in [6.45, 7) is 11.4. The summed E-state index contributed by atoms with van der Waals surface area (Å²) in [5, 5.41) is 13.8. The van der Waals surface area contributed by atoms with Gasteiger partial charge in [0.05, 0.1) is 19.3 Å². The predicted molar refractivity (Wildman–Crippen MR) is 154 cm³/mol. The normalized spacial score (nSPS) is 18.9. The fourth-order valence-corrected chi connectivity index (χ4v) is 5.96. The first kappa shape index (κ1) is 26.5. The second-order valence-electron chi connectivity index (χ2n) is 10.8. The summed E-state index contributed by atoms with van der Waals surface area (Å²) in [5.41, 5.74) is 5.06. The van der Waals surface area contributed by atoms with Gasteiger partial charge in [-0.2, -0.15) is 0 Å². The van der Waals surface area contributed by atoms with E-state index in [0.717, 1.165) is 62.3 Å². The molecule has 1 N–H and O–H groups in total. The van der Waals surface area contributed by atoms with Crippen LogP contribution < -0.4 is 15.2 Å². The topological polar surface area (TPSA) is 101 Å². The molecular weight excluding hydrogens is 506 g/mol. The van der Waals surface area contributed by atoms with E-state index in [9.17, 15) is 4.79 Å². The van der Waals surface area contributed by atoms with Crippen LogP contribution in [-0.4, -0.2) is 75.6 Å². The maximum Gasteiger partial charge on any atom is 0.253 e. The van der Waals surface area contributed by atoms with Gasteiger partial charge in [-0.25, -0.2) is 4.68 Å². The van der Waals surface area contributed by atoms with Crippen LogP contribution in [0.25, 0.3) is 10.9 Å². The van der Waals surface area contributed by atoms with Crippen LogP contribution in [0.1, 0.15) is 48.3 Å². The second kappa shape index (κ2) is 11.4. The summed E-state index contributed by atoms with van der Waals surface area (Å²) < 4.78 is 13.5. The molecule has 0 spiro atoms. The van der Waals surface area contributed by atoms with Gasteiger partial charge in [0.25, 0.3) is 5.56 Å². The van der Waals surface area contributed by atoms with Gasteiger partial charge in [-0.15, -0.1) is 5.10 Å². The Morgan fingerprint density at radius 3 is 2.73 bits per heavy atom. The largest absolute Gasteiger partial charge is 0.494 e. The lowest BCUT2D eigenvalue weighted by Crippen LogP contribution is -2.49. The van der Waals surface area contributed by atoms with E-state index < -0.39 is 6.04 Å². The minimum absolute atomic E-state index is 0.0766. The third-order valence-corrected chi connectivity index (χ3v) is 8.04. The molecule has 0 amide bonds. The molecule has 4 heterocycles. The number of hydrogen-bond donors (Lipinski definition) is 1. The molecule has 2 aliphatic rings. The van der Waals surface area contributed by atoms with Crippen molar-refractivity contribution in [1.82, 2.24) is 30.1 Å². The highest BCUT2D eigenvalue weighted by Gasteiger charge is 2.34. The summed E-state index contributed by atoms with van der Waals surface area (Å²) in [7, 11) is 0. The van der Waals surface area contributed by atoms with E-state index >= 15 is 0 Å². The van der Waals surface area contributed by atoms with Crippen molar-refractivity contribution >= 4 is 16.6 Å². The number of piperazine rings is 1. The van der Waals surface area contributed by atoms with Gasteiger partial charge in [-0.05, 0) is 85.5 Å². The van der Waals surface area contributed by atoms with Gasteiger partial charge in [-0.3, -0.25) is 9.69 Å². The van der Waals surface area contributed by atoms with Crippen LogP contribution in [0.3, 0.4) is 0 Å². The average Bonchev–Trinajstić information content (AvgIpc) is 3.64. The fourth-order valence-electron chi connectivity index (χ4n) is 5.96. The first-order valence-corrected chi connectivity index (χ1v) is 14.2. The van der Waals surface area contributed by atoms with Crippen LogP contribution in [0.5, 0.6) is 5.75 Å². The van der Waals surface area contributed by atoms with Gasteiger partial charge in [0, 0.05) is 54.9 Å². The molecule has 2 aromatic carbocycles. The molecule has 0 bridgehead atoms. The van der Waals surface area contributed by atoms with Gasteiger partial charge in [0.1, 0.15) is 11.8 Å². The highest BCUT2D eigenvalue weighted by Crippen LogP contribution is 2.31. The number of tetrazole rings is 1. The number of nitrogens with one attached hydrogen (secondary N) is 1. The number of hydrogen-bond acceptors (Lipinski definition) is 8. The summed E-state index contributed by atoms with van der Waals surface area (Å²) in [4.78, 5) is 21.5. The quantitative estimate of drug-likeness (QED) is 0.360. The molecule has 6 rings (SSSR count). The highest BCUT2D eigenvalue weighted by molar-refractivity contribution is 5.80. The zero-order valence-electron chi connectivity index (χ0n) is 23.5. The third-order valence-electron chi connectivity index (χ3n) is 8.04. The minimum atomic E-state index is -0.402. The number of aryl methyl sites for hydroxylation is 2. The molecule has 0 saturated carbocycles. The first-order chi connectivity index (χ1) is 19.5. The van der Waals surface area contributed by atoms with Gasteiger partial charge >= 0.3 is 0 Å². The van der Waals surface area contributed by atoms with Crippen molar-refractivity contribution in [2.45, 2.75) is 52.3 Å². The lowest BCUT2D eigenvalue weighted by molar-refractivity contribution is 0.0906. The Morgan fingerprint density at radius 2 is 1.95 bits per heavy atom. The van der Waals surface area contributed by atoms with Gasteiger partial charge < -0.3 is 19.4 Å². The van der Waals surface area contributed by atoms with Crippen LogP contribution in [0.2, 0.25) is 0 Å². The monoisotopic (exact) mass is 543 g/mol. The summed E-state index contributed by atoms with van der Waals surface area (Å²) in [5.74, 6) is 1.44. The zero-order valence-corrected chi connectivity index (χ0v) is 23.5. The molecule has 10 nitrogen and oxygen atoms in total. The van der Waals surface area contributed by atoms with Crippen molar-refractivity contribution in [1.29, 1.82) is 0 Å². The van der Waals surface area contributed by atoms with Gasteiger partial charge in [0.15, 0.2) is 5.82 Å². The second-order valence-corrected chi connectivity index (χ2v) is 10.8. The Balaban J connectivity index is 1.37. The lowest BCUT2D eigenvalue weighted by Gasteiger charge is -2.40. The van der Waals surface area contributed by atoms with Gasteiger partial charge in [0.2, 0.25) is 0 Å². The van der Waals surface area contributed by atoms with E-state index in [-0.39, 0.29) is 11.7 Å². The maximum atomic E-state index is 13.6. The van der Waals surface area contributed by atoms with E-state index in [1.165, 1.54) is 16.8 Å². The Kier molecular flexibility index (Phi) is 7.53. The van der Waals surface area contributed by atoms with Crippen LogP contribution in [0, 0.1) is 13.8 Å². The summed E-state index contributed by atoms with van der Waals surface area (Å²) >= 11 is 0. The van der Waals surface area contributed by atoms with Crippen molar-refractivity contribution in [2.75, 3.05) is 44.3 Å². The molecule has 2 aromatic heterocycles. The Hall–Kier alpha value is -3.76. The van der Waals surface area contributed by atoms with Crippen molar-refractivity contribution in [2.24, 2.45) is 0 Å². The van der Waals surface area contributed by atoms with E-state index in [2.05, 4.69) is 62.4 Å². The van der Waals surface area contributed by atoms with Crippen molar-refractivity contribution in [3.05, 3.63) is 75.3 Å². The van der Waals surface area contributed by atoms with Crippen LogP contribution in [0.15, 0.2) is 47.3 Å². The molecule has 2 saturated heterocycles. The van der Waals surface area contributed by atoms with Crippen LogP contribution >= 0.6 is 0 Å². The van der Waals surface area contributed by atoms with Crippen molar-refractivity contribution in [3.8, 4) is 5.75 Å². The molecule has 210 valence electrons. The van der Waals surface area contributed by atoms with E-state index in [0.29, 0.717) is 24.5 Å². The van der Waals surface area contributed by atoms with E-state index in [4.69, 9.17) is 9.47 Å². The fraction of sp³-hybridized carbons (Fsp3) is 0.467. The van der Waals surface area contributed by atoms with Crippen molar-refractivity contribution in [3.63, 3.8) is 0 Å². The number of pyridine rings is 1. The number of H-pyrrole nitrogens is 1. The number of aromatic nitrogens is 5. The highest BCUT2D eigenvalue weighted by atomic mass is 16.5. The number of fused-ring (bicyclic) bond motifs is 1. The SMILES string of the molecule is CCOc1ccc2[nH]c(=O)c([C@H](c3nnnn3C[C@H]3CCCO3)N3CCN(c4cc(C)ccc4C)CC3)cc2c1. The van der Waals surface area contributed by atoms with Crippen LogP contribution in [-0.2, 0) is 11.3 Å². The molecule has 2 atom stereocenters. The zero-order chi connectivity index (χ0) is 27.6. The molecule has 4 aromatic rings. The average molecular weight is 544 g/mol. The molecule has 40 heavy (non-hydrogen) atoms. The number of nitrogens with zero attached hydrogens (tertiary/aromatic N) is 6. The predicted octanol–water partition coefficient (Wildman–Crippen LogP) is 3.62.